The van der Waals surface area contributed by atoms with Crippen LogP contribution < -0.4 is 19.7 Å². The van der Waals surface area contributed by atoms with Crippen LogP contribution in [0.4, 0.5) is 11.5 Å². The smallest absolute Gasteiger partial charge is 0.356 e. The molecule has 1 saturated heterocycles. The molecule has 26 heavy (non-hydrogen) atoms. The van der Waals surface area contributed by atoms with Gasteiger partial charge < -0.3 is 24.8 Å². The summed E-state index contributed by atoms with van der Waals surface area (Å²) in [6.45, 7) is 1.61. The second-order valence-electron chi connectivity index (χ2n) is 6.10. The van der Waals surface area contributed by atoms with Gasteiger partial charge in [0.15, 0.2) is 5.69 Å². The molecule has 1 aromatic carbocycles. The fourth-order valence-electron chi connectivity index (χ4n) is 3.02. The summed E-state index contributed by atoms with van der Waals surface area (Å²) in [6.07, 6.45) is 4.83. The topological polar surface area (TPSA) is 96.8 Å². The molecule has 0 radical (unpaired) electrons. The van der Waals surface area contributed by atoms with Gasteiger partial charge in [-0.15, -0.1) is 0 Å². The Hall–Kier alpha value is -3.03. The molecule has 0 saturated carbocycles. The Morgan fingerprint density at radius 1 is 1.19 bits per heavy atom. The maximum Gasteiger partial charge on any atom is 0.356 e. The standard InChI is InChI=1S/C18H22N4O4/c1-25-14-6-13(7-15(8-14)26-2)21-12-4-3-5-22(11-12)17-10-19-16(9-20-17)18(23)24/h6-10,12,21H,3-5,11H2,1-2H3,(H,23,24). The van der Waals surface area contributed by atoms with Gasteiger partial charge in [0.05, 0.1) is 26.6 Å². The molecule has 8 heteroatoms. The number of aromatic nitrogens is 2. The van der Waals surface area contributed by atoms with Crippen molar-refractivity contribution in [3.8, 4) is 11.5 Å². The van der Waals surface area contributed by atoms with Crippen molar-refractivity contribution in [2.24, 2.45) is 0 Å². The number of hydrogen-bond donors (Lipinski definition) is 2. The SMILES string of the molecule is COc1cc(NC2CCCN(c3cnc(C(=O)O)cn3)C2)cc(OC)c1. The number of piperidine rings is 1. The summed E-state index contributed by atoms with van der Waals surface area (Å²) in [6, 6.07) is 5.92. The molecule has 138 valence electrons. The van der Waals surface area contributed by atoms with Crippen molar-refractivity contribution in [2.75, 3.05) is 37.5 Å². The van der Waals surface area contributed by atoms with Crippen molar-refractivity contribution in [1.29, 1.82) is 0 Å². The molecule has 2 N–H and O–H groups in total. The summed E-state index contributed by atoms with van der Waals surface area (Å²) < 4.78 is 10.6. The molecule has 0 bridgehead atoms. The van der Waals surface area contributed by atoms with Crippen LogP contribution in [0.15, 0.2) is 30.6 Å². The highest BCUT2D eigenvalue weighted by Gasteiger charge is 2.22. The first-order valence-corrected chi connectivity index (χ1v) is 8.39. The maximum absolute atomic E-state index is 10.9. The number of carbonyl (C=O) groups is 1. The van der Waals surface area contributed by atoms with Gasteiger partial charge in [0.2, 0.25) is 0 Å². The number of anilines is 2. The van der Waals surface area contributed by atoms with Gasteiger partial charge in [-0.1, -0.05) is 0 Å². The normalized spacial score (nSPS) is 16.8. The Balaban J connectivity index is 1.69. The van der Waals surface area contributed by atoms with Crippen molar-refractivity contribution in [3.05, 3.63) is 36.3 Å². The number of carboxylic acid groups (broad SMARTS) is 1. The molecule has 1 atom stereocenters. The number of benzene rings is 1. The molecule has 1 aliphatic heterocycles. The number of nitrogens with one attached hydrogen (secondary N) is 1. The maximum atomic E-state index is 10.9. The van der Waals surface area contributed by atoms with Crippen LogP contribution in [0, 0.1) is 0 Å². The highest BCUT2D eigenvalue weighted by Crippen LogP contribution is 2.27. The third-order valence-corrected chi connectivity index (χ3v) is 4.32. The summed E-state index contributed by atoms with van der Waals surface area (Å²) in [4.78, 5) is 21.2. The predicted octanol–water partition coefficient (Wildman–Crippen LogP) is 2.27. The van der Waals surface area contributed by atoms with E-state index in [1.54, 1.807) is 14.2 Å². The van der Waals surface area contributed by atoms with Crippen LogP contribution in [0.2, 0.25) is 0 Å². The summed E-state index contributed by atoms with van der Waals surface area (Å²) in [5, 5.41) is 12.4. The second-order valence-corrected chi connectivity index (χ2v) is 6.10. The third kappa shape index (κ3) is 4.14. The van der Waals surface area contributed by atoms with Gasteiger partial charge in [0.25, 0.3) is 0 Å². The summed E-state index contributed by atoms with van der Waals surface area (Å²) in [5.41, 5.74) is 0.879. The molecule has 0 amide bonds. The number of nitrogens with zero attached hydrogens (tertiary/aromatic N) is 3. The minimum absolute atomic E-state index is 0.0519. The minimum Gasteiger partial charge on any atom is -0.497 e. The molecule has 1 aliphatic rings. The van der Waals surface area contributed by atoms with Crippen molar-refractivity contribution in [2.45, 2.75) is 18.9 Å². The van der Waals surface area contributed by atoms with E-state index < -0.39 is 5.97 Å². The van der Waals surface area contributed by atoms with E-state index in [2.05, 4.69) is 20.2 Å². The molecule has 0 aliphatic carbocycles. The lowest BCUT2D eigenvalue weighted by molar-refractivity contribution is 0.0690. The van der Waals surface area contributed by atoms with Gasteiger partial charge in [0, 0.05) is 43.0 Å². The highest BCUT2D eigenvalue weighted by atomic mass is 16.5. The van der Waals surface area contributed by atoms with E-state index >= 15 is 0 Å². The molecule has 1 fully saturated rings. The van der Waals surface area contributed by atoms with E-state index in [1.807, 2.05) is 18.2 Å². The van der Waals surface area contributed by atoms with E-state index in [4.69, 9.17) is 14.6 Å². The summed E-state index contributed by atoms with van der Waals surface area (Å²) in [5.74, 6) is 1.07. The van der Waals surface area contributed by atoms with Crippen molar-refractivity contribution < 1.29 is 19.4 Å². The molecule has 3 rings (SSSR count). The number of hydrogen-bond acceptors (Lipinski definition) is 7. The average Bonchev–Trinajstić information content (AvgIpc) is 2.68. The Labute approximate surface area is 151 Å². The summed E-state index contributed by atoms with van der Waals surface area (Å²) >= 11 is 0. The zero-order valence-electron chi connectivity index (χ0n) is 14.8. The number of ether oxygens (including phenoxy) is 2. The van der Waals surface area contributed by atoms with Crippen LogP contribution in [-0.2, 0) is 0 Å². The zero-order chi connectivity index (χ0) is 18.5. The molecular weight excluding hydrogens is 336 g/mol. The van der Waals surface area contributed by atoms with Crippen LogP contribution in [-0.4, -0.2) is 54.4 Å². The van der Waals surface area contributed by atoms with Crippen LogP contribution in [0.5, 0.6) is 11.5 Å². The minimum atomic E-state index is -1.07. The van der Waals surface area contributed by atoms with Crippen molar-refractivity contribution in [1.82, 2.24) is 9.97 Å². The van der Waals surface area contributed by atoms with E-state index in [0.717, 1.165) is 43.1 Å². The van der Waals surface area contributed by atoms with Gasteiger partial charge in [-0.3, -0.25) is 0 Å². The first-order valence-electron chi connectivity index (χ1n) is 8.39. The number of rotatable bonds is 6. The van der Waals surface area contributed by atoms with Crippen LogP contribution in [0.25, 0.3) is 0 Å². The van der Waals surface area contributed by atoms with Gasteiger partial charge in [0.1, 0.15) is 17.3 Å². The van der Waals surface area contributed by atoms with Gasteiger partial charge in [-0.2, -0.15) is 0 Å². The fraction of sp³-hybridized carbons (Fsp3) is 0.389. The zero-order valence-corrected chi connectivity index (χ0v) is 14.8. The van der Waals surface area contributed by atoms with Crippen LogP contribution in [0.1, 0.15) is 23.3 Å². The lowest BCUT2D eigenvalue weighted by Crippen LogP contribution is -2.42. The number of carboxylic acids is 1. The van der Waals surface area contributed by atoms with Gasteiger partial charge >= 0.3 is 5.97 Å². The lowest BCUT2D eigenvalue weighted by atomic mass is 10.1. The summed E-state index contributed by atoms with van der Waals surface area (Å²) in [7, 11) is 3.25. The Bertz CT molecular complexity index is 744. The van der Waals surface area contributed by atoms with Crippen LogP contribution >= 0.6 is 0 Å². The molecule has 1 unspecified atom stereocenters. The second kappa shape index (κ2) is 7.90. The number of aromatic carboxylic acids is 1. The molecule has 2 aromatic rings. The predicted molar refractivity (Wildman–Crippen MR) is 97.4 cm³/mol. The lowest BCUT2D eigenvalue weighted by Gasteiger charge is -2.34. The first kappa shape index (κ1) is 17.8. The van der Waals surface area contributed by atoms with Crippen molar-refractivity contribution >= 4 is 17.5 Å². The van der Waals surface area contributed by atoms with Gasteiger partial charge in [-0.25, -0.2) is 14.8 Å². The largest absolute Gasteiger partial charge is 0.497 e. The number of methoxy groups -OCH3 is 2. The van der Waals surface area contributed by atoms with Crippen LogP contribution in [0.3, 0.4) is 0 Å². The highest BCUT2D eigenvalue weighted by molar-refractivity contribution is 5.84. The third-order valence-electron chi connectivity index (χ3n) is 4.32. The van der Waals surface area contributed by atoms with E-state index in [0.29, 0.717) is 5.82 Å². The molecule has 2 heterocycles. The molecule has 8 nitrogen and oxygen atoms in total. The van der Waals surface area contributed by atoms with E-state index in [-0.39, 0.29) is 11.7 Å². The van der Waals surface area contributed by atoms with E-state index in [1.165, 1.54) is 12.4 Å². The molecule has 0 spiro atoms. The first-order chi connectivity index (χ1) is 12.6. The van der Waals surface area contributed by atoms with Crippen molar-refractivity contribution in [3.63, 3.8) is 0 Å². The average molecular weight is 358 g/mol. The Morgan fingerprint density at radius 2 is 1.92 bits per heavy atom. The molecular formula is C18H22N4O4. The monoisotopic (exact) mass is 358 g/mol. The quantitative estimate of drug-likeness (QED) is 0.812. The van der Waals surface area contributed by atoms with Gasteiger partial charge in [-0.05, 0) is 12.8 Å². The van der Waals surface area contributed by atoms with E-state index in [9.17, 15) is 4.79 Å². The molecule has 1 aromatic heterocycles. The Kier molecular flexibility index (Phi) is 5.40. The Morgan fingerprint density at radius 3 is 2.50 bits per heavy atom. The fourth-order valence-corrected chi connectivity index (χ4v) is 3.02.